The third-order valence-corrected chi connectivity index (χ3v) is 4.14. The van der Waals surface area contributed by atoms with Gasteiger partial charge in [0.15, 0.2) is 5.78 Å². The van der Waals surface area contributed by atoms with Crippen molar-refractivity contribution in [3.63, 3.8) is 0 Å². The van der Waals surface area contributed by atoms with Gasteiger partial charge >= 0.3 is 0 Å². The lowest BCUT2D eigenvalue weighted by atomic mass is 10.0. The van der Waals surface area contributed by atoms with Crippen LogP contribution in [0.1, 0.15) is 21.5 Å². The molecule has 0 unspecified atom stereocenters. The Morgan fingerprint density at radius 2 is 1.80 bits per heavy atom. The summed E-state index contributed by atoms with van der Waals surface area (Å²) in [7, 11) is 0. The molecule has 0 radical (unpaired) electrons. The number of carbonyl (C=O) groups is 1. The van der Waals surface area contributed by atoms with E-state index in [1.807, 2.05) is 30.7 Å². The molecule has 2 aromatic rings. The predicted molar refractivity (Wildman–Crippen MR) is 82.4 cm³/mol. The molecule has 0 bridgehead atoms. The largest absolute Gasteiger partial charge is 0.289 e. The molecule has 2 rings (SSSR count). The summed E-state index contributed by atoms with van der Waals surface area (Å²) in [5.74, 6) is -0.105. The zero-order chi connectivity index (χ0) is 14.5. The maximum Gasteiger partial charge on any atom is 0.195 e. The molecule has 0 aliphatic heterocycles. The first-order valence-electron chi connectivity index (χ1n) is 5.84. The summed E-state index contributed by atoms with van der Waals surface area (Å²) in [6, 6.07) is 12.8. The van der Waals surface area contributed by atoms with Crippen LogP contribution >= 0.6 is 23.5 Å². The summed E-state index contributed by atoms with van der Waals surface area (Å²) in [6.07, 6.45) is 3.74. The van der Waals surface area contributed by atoms with Gasteiger partial charge in [-0.25, -0.2) is 4.98 Å². The van der Waals surface area contributed by atoms with Crippen LogP contribution in [0.15, 0.2) is 46.5 Å². The molecule has 20 heavy (non-hydrogen) atoms. The summed E-state index contributed by atoms with van der Waals surface area (Å²) >= 11 is 2.82. The van der Waals surface area contributed by atoms with Gasteiger partial charge in [-0.1, -0.05) is 30.3 Å². The summed E-state index contributed by atoms with van der Waals surface area (Å²) < 4.78 is 0. The van der Waals surface area contributed by atoms with Crippen LogP contribution in [0.5, 0.6) is 0 Å². The fourth-order valence-electron chi connectivity index (χ4n) is 1.78. The number of benzene rings is 1. The lowest BCUT2D eigenvalue weighted by Gasteiger charge is -2.09. The van der Waals surface area contributed by atoms with E-state index < -0.39 is 0 Å². The van der Waals surface area contributed by atoms with Gasteiger partial charge in [0.2, 0.25) is 0 Å². The quantitative estimate of drug-likeness (QED) is 0.637. The molecule has 0 amide bonds. The first-order chi connectivity index (χ1) is 9.71. The van der Waals surface area contributed by atoms with E-state index in [9.17, 15) is 4.79 Å². The molecule has 5 heteroatoms. The minimum Gasteiger partial charge on any atom is -0.289 e. The topological polar surface area (TPSA) is 53.8 Å². The normalized spacial score (nSPS) is 10.1. The van der Waals surface area contributed by atoms with E-state index >= 15 is 0 Å². The van der Waals surface area contributed by atoms with Crippen LogP contribution in [0.2, 0.25) is 0 Å². The minimum absolute atomic E-state index is 0.105. The molecule has 0 N–H and O–H groups in total. The standard InChI is InChI=1S/C15H12N2OS2/c1-19-14-11(9-16)8-12(15(17-14)20-2)13(18)10-6-4-3-5-7-10/h3-8H,1-2H3. The number of pyridine rings is 1. The van der Waals surface area contributed by atoms with E-state index in [1.54, 1.807) is 18.2 Å². The van der Waals surface area contributed by atoms with Gasteiger partial charge < -0.3 is 0 Å². The molecule has 0 atom stereocenters. The van der Waals surface area contributed by atoms with Crippen molar-refractivity contribution in [2.75, 3.05) is 12.5 Å². The average Bonchev–Trinajstić information content (AvgIpc) is 2.53. The Balaban J connectivity index is 2.56. The highest BCUT2D eigenvalue weighted by Gasteiger charge is 2.17. The number of hydrogen-bond donors (Lipinski definition) is 0. The van der Waals surface area contributed by atoms with E-state index in [1.165, 1.54) is 23.5 Å². The Labute approximate surface area is 126 Å². The highest BCUT2D eigenvalue weighted by molar-refractivity contribution is 7.99. The summed E-state index contributed by atoms with van der Waals surface area (Å²) in [5.41, 5.74) is 1.53. The molecule has 0 saturated heterocycles. The third-order valence-electron chi connectivity index (χ3n) is 2.74. The number of carbonyl (C=O) groups excluding carboxylic acids is 1. The zero-order valence-electron chi connectivity index (χ0n) is 11.1. The number of hydrogen-bond acceptors (Lipinski definition) is 5. The van der Waals surface area contributed by atoms with Gasteiger partial charge in [0, 0.05) is 5.56 Å². The van der Waals surface area contributed by atoms with Crippen LogP contribution in [-0.2, 0) is 0 Å². The second kappa shape index (κ2) is 6.60. The van der Waals surface area contributed by atoms with Gasteiger partial charge in [-0.15, -0.1) is 23.5 Å². The smallest absolute Gasteiger partial charge is 0.195 e. The molecule has 0 aliphatic rings. The number of ketones is 1. The first-order valence-corrected chi connectivity index (χ1v) is 8.29. The van der Waals surface area contributed by atoms with Gasteiger partial charge in [0.1, 0.15) is 16.1 Å². The molecule has 3 nitrogen and oxygen atoms in total. The minimum atomic E-state index is -0.105. The molecule has 1 aromatic carbocycles. The van der Waals surface area contributed by atoms with E-state index in [4.69, 9.17) is 5.26 Å². The van der Waals surface area contributed by atoms with Gasteiger partial charge in [0.05, 0.1) is 11.1 Å². The Bertz CT molecular complexity index is 678. The molecular weight excluding hydrogens is 288 g/mol. The highest BCUT2D eigenvalue weighted by Crippen LogP contribution is 2.27. The van der Waals surface area contributed by atoms with Crippen molar-refractivity contribution in [2.45, 2.75) is 10.1 Å². The Morgan fingerprint density at radius 3 is 2.35 bits per heavy atom. The monoisotopic (exact) mass is 300 g/mol. The van der Waals surface area contributed by atoms with Crippen LogP contribution in [0.3, 0.4) is 0 Å². The number of thioether (sulfide) groups is 2. The SMILES string of the molecule is CSc1nc(SC)c(C(=O)c2ccccc2)cc1C#N. The third kappa shape index (κ3) is 2.87. The maximum atomic E-state index is 12.5. The van der Waals surface area contributed by atoms with Gasteiger partial charge in [-0.05, 0) is 18.6 Å². The van der Waals surface area contributed by atoms with Crippen molar-refractivity contribution in [1.82, 2.24) is 4.98 Å². The van der Waals surface area contributed by atoms with Crippen molar-refractivity contribution in [3.05, 3.63) is 53.1 Å². The van der Waals surface area contributed by atoms with E-state index in [2.05, 4.69) is 11.1 Å². The highest BCUT2D eigenvalue weighted by atomic mass is 32.2. The number of nitrogens with zero attached hydrogens (tertiary/aromatic N) is 2. The molecular formula is C15H12N2OS2. The molecule has 0 saturated carbocycles. The second-order valence-corrected chi connectivity index (χ2v) is 5.50. The van der Waals surface area contributed by atoms with Crippen LogP contribution in [0, 0.1) is 11.3 Å². The Hall–Kier alpha value is -1.77. The summed E-state index contributed by atoms with van der Waals surface area (Å²) in [5, 5.41) is 10.5. The molecule has 1 heterocycles. The van der Waals surface area contributed by atoms with Crippen molar-refractivity contribution < 1.29 is 4.79 Å². The van der Waals surface area contributed by atoms with Crippen LogP contribution in [0.4, 0.5) is 0 Å². The lowest BCUT2D eigenvalue weighted by Crippen LogP contribution is -2.06. The molecule has 0 fully saturated rings. The molecule has 1 aromatic heterocycles. The fourth-order valence-corrected chi connectivity index (χ4v) is 2.90. The van der Waals surface area contributed by atoms with Crippen LogP contribution < -0.4 is 0 Å². The Morgan fingerprint density at radius 1 is 1.15 bits per heavy atom. The van der Waals surface area contributed by atoms with E-state index in [-0.39, 0.29) is 5.78 Å². The number of aromatic nitrogens is 1. The maximum absolute atomic E-state index is 12.5. The predicted octanol–water partition coefficient (Wildman–Crippen LogP) is 3.63. The first kappa shape index (κ1) is 14.6. The lowest BCUT2D eigenvalue weighted by molar-refractivity contribution is 0.103. The van der Waals surface area contributed by atoms with Crippen molar-refractivity contribution in [2.24, 2.45) is 0 Å². The van der Waals surface area contributed by atoms with E-state index in [0.29, 0.717) is 26.7 Å². The fraction of sp³-hybridized carbons (Fsp3) is 0.133. The number of nitriles is 1. The summed E-state index contributed by atoms with van der Waals surface area (Å²) in [4.78, 5) is 16.9. The van der Waals surface area contributed by atoms with Crippen molar-refractivity contribution in [3.8, 4) is 6.07 Å². The Kier molecular flexibility index (Phi) is 4.83. The number of rotatable bonds is 4. The van der Waals surface area contributed by atoms with Crippen molar-refractivity contribution >= 4 is 29.3 Å². The molecule has 0 spiro atoms. The molecule has 0 aliphatic carbocycles. The average molecular weight is 300 g/mol. The van der Waals surface area contributed by atoms with Gasteiger partial charge in [-0.3, -0.25) is 4.79 Å². The second-order valence-electron chi connectivity index (χ2n) is 3.91. The van der Waals surface area contributed by atoms with E-state index in [0.717, 1.165) is 0 Å². The summed E-state index contributed by atoms with van der Waals surface area (Å²) in [6.45, 7) is 0. The van der Waals surface area contributed by atoms with Gasteiger partial charge in [-0.2, -0.15) is 5.26 Å². The van der Waals surface area contributed by atoms with Gasteiger partial charge in [0.25, 0.3) is 0 Å². The van der Waals surface area contributed by atoms with Crippen molar-refractivity contribution in [1.29, 1.82) is 5.26 Å². The van der Waals surface area contributed by atoms with Crippen LogP contribution in [-0.4, -0.2) is 23.3 Å². The molecule has 100 valence electrons. The van der Waals surface area contributed by atoms with Crippen LogP contribution in [0.25, 0.3) is 0 Å². The zero-order valence-corrected chi connectivity index (χ0v) is 12.7.